The van der Waals surface area contributed by atoms with E-state index >= 15 is 0 Å². The van der Waals surface area contributed by atoms with Crippen molar-refractivity contribution in [2.45, 2.75) is 49.8 Å². The van der Waals surface area contributed by atoms with Gasteiger partial charge >= 0.3 is 0 Å². The molecule has 1 aliphatic carbocycles. The Morgan fingerprint density at radius 1 is 1.38 bits per heavy atom. The summed E-state index contributed by atoms with van der Waals surface area (Å²) in [6, 6.07) is 8.49. The van der Waals surface area contributed by atoms with Crippen LogP contribution < -0.4 is 0 Å². The van der Waals surface area contributed by atoms with Gasteiger partial charge in [0.05, 0.1) is 16.8 Å². The molecule has 1 aromatic carbocycles. The average Bonchev–Trinajstić information content (AvgIpc) is 2.98. The van der Waals surface area contributed by atoms with E-state index in [1.54, 1.807) is 0 Å². The zero-order valence-corrected chi connectivity index (χ0v) is 15.1. The Labute approximate surface area is 147 Å². The summed E-state index contributed by atoms with van der Waals surface area (Å²) in [5.41, 5.74) is 2.06. The van der Waals surface area contributed by atoms with E-state index in [-0.39, 0.29) is 5.91 Å². The van der Waals surface area contributed by atoms with Crippen LogP contribution in [0, 0.1) is 0 Å². The van der Waals surface area contributed by atoms with E-state index in [9.17, 15) is 4.79 Å². The van der Waals surface area contributed by atoms with Gasteiger partial charge < -0.3 is 9.47 Å². The van der Waals surface area contributed by atoms with E-state index in [0.29, 0.717) is 18.3 Å². The highest BCUT2D eigenvalue weighted by Crippen LogP contribution is 2.26. The summed E-state index contributed by atoms with van der Waals surface area (Å²) >= 11 is 1.53. The van der Waals surface area contributed by atoms with Gasteiger partial charge in [0.2, 0.25) is 5.91 Å². The van der Waals surface area contributed by atoms with Gasteiger partial charge in [-0.25, -0.2) is 4.98 Å². The van der Waals surface area contributed by atoms with Crippen molar-refractivity contribution in [1.29, 1.82) is 0 Å². The molecule has 2 aromatic rings. The van der Waals surface area contributed by atoms with Gasteiger partial charge in [0.1, 0.15) is 0 Å². The fourth-order valence-corrected chi connectivity index (χ4v) is 4.32. The monoisotopic (exact) mass is 343 g/mol. The third-order valence-electron chi connectivity index (χ3n) is 4.77. The number of carbonyl (C=O) groups is 1. The van der Waals surface area contributed by atoms with E-state index in [0.717, 1.165) is 29.0 Å². The number of imidazole rings is 1. The largest absolute Gasteiger partial charge is 0.342 e. The summed E-state index contributed by atoms with van der Waals surface area (Å²) < 4.78 is 2.13. The van der Waals surface area contributed by atoms with Gasteiger partial charge in [-0.05, 0) is 25.0 Å². The Bertz CT molecular complexity index is 718. The number of aromatic nitrogens is 2. The molecule has 0 atom stereocenters. The second-order valence-electron chi connectivity index (χ2n) is 6.37. The second kappa shape index (κ2) is 7.88. The predicted molar refractivity (Wildman–Crippen MR) is 100 cm³/mol. The molecule has 1 heterocycles. The molecule has 0 saturated heterocycles. The van der Waals surface area contributed by atoms with Crippen molar-refractivity contribution < 1.29 is 4.79 Å². The lowest BCUT2D eigenvalue weighted by atomic mass is 9.94. The number of rotatable bonds is 6. The SMILES string of the molecule is C=CCn1c(SCC(=O)N(C)C2CCCCC2)nc2ccccc21. The Hall–Kier alpha value is -1.75. The van der Waals surface area contributed by atoms with Gasteiger partial charge in [-0.2, -0.15) is 0 Å². The first kappa shape index (κ1) is 17.1. The van der Waals surface area contributed by atoms with Gasteiger partial charge in [0.25, 0.3) is 0 Å². The molecule has 0 unspecified atom stereocenters. The zero-order chi connectivity index (χ0) is 16.9. The Kier molecular flexibility index (Phi) is 5.61. The maximum absolute atomic E-state index is 12.5. The number of carbonyl (C=O) groups excluding carboxylic acids is 1. The maximum atomic E-state index is 12.5. The molecule has 1 amide bonds. The summed E-state index contributed by atoms with van der Waals surface area (Å²) in [5.74, 6) is 0.636. The van der Waals surface area contributed by atoms with E-state index in [4.69, 9.17) is 0 Å². The summed E-state index contributed by atoms with van der Waals surface area (Å²) in [7, 11) is 1.95. The highest BCUT2D eigenvalue weighted by atomic mass is 32.2. The first-order valence-electron chi connectivity index (χ1n) is 8.65. The van der Waals surface area contributed by atoms with Crippen LogP contribution in [0.1, 0.15) is 32.1 Å². The molecule has 0 N–H and O–H groups in total. The number of amides is 1. The molecule has 1 saturated carbocycles. The van der Waals surface area contributed by atoms with Crippen molar-refractivity contribution in [2.24, 2.45) is 0 Å². The van der Waals surface area contributed by atoms with Crippen LogP contribution in [0.5, 0.6) is 0 Å². The van der Waals surface area contributed by atoms with Gasteiger partial charge in [-0.15, -0.1) is 6.58 Å². The molecule has 0 spiro atoms. The molecule has 5 heteroatoms. The number of fused-ring (bicyclic) bond motifs is 1. The van der Waals surface area contributed by atoms with Gasteiger partial charge in [-0.3, -0.25) is 4.79 Å². The summed E-state index contributed by atoms with van der Waals surface area (Å²) in [6.07, 6.45) is 7.94. The lowest BCUT2D eigenvalue weighted by molar-refractivity contribution is -0.129. The molecular weight excluding hydrogens is 318 g/mol. The highest BCUT2D eigenvalue weighted by molar-refractivity contribution is 7.99. The zero-order valence-electron chi connectivity index (χ0n) is 14.3. The van der Waals surface area contributed by atoms with Gasteiger partial charge in [-0.1, -0.05) is 49.2 Å². The number of allylic oxidation sites excluding steroid dienone is 1. The maximum Gasteiger partial charge on any atom is 0.233 e. The van der Waals surface area contributed by atoms with Crippen LogP contribution in [0.25, 0.3) is 11.0 Å². The number of benzene rings is 1. The highest BCUT2D eigenvalue weighted by Gasteiger charge is 2.22. The van der Waals surface area contributed by atoms with Crippen LogP contribution in [0.3, 0.4) is 0 Å². The normalized spacial score (nSPS) is 15.5. The third-order valence-corrected chi connectivity index (χ3v) is 5.73. The molecule has 3 rings (SSSR count). The minimum Gasteiger partial charge on any atom is -0.342 e. The van der Waals surface area contributed by atoms with E-state index in [1.807, 2.05) is 36.2 Å². The van der Waals surface area contributed by atoms with E-state index < -0.39 is 0 Å². The predicted octanol–water partition coefficient (Wildman–Crippen LogP) is 4.11. The molecule has 128 valence electrons. The molecule has 1 aromatic heterocycles. The number of hydrogen-bond acceptors (Lipinski definition) is 3. The third kappa shape index (κ3) is 3.66. The molecule has 0 bridgehead atoms. The summed E-state index contributed by atoms with van der Waals surface area (Å²) in [4.78, 5) is 19.2. The standard InChI is InChI=1S/C19H25N3OS/c1-3-13-22-17-12-8-7-11-16(17)20-19(22)24-14-18(23)21(2)15-9-5-4-6-10-15/h3,7-8,11-12,15H,1,4-6,9-10,13-14H2,2H3. The van der Waals surface area contributed by atoms with Crippen molar-refractivity contribution in [2.75, 3.05) is 12.8 Å². The molecule has 1 aliphatic rings. The molecule has 24 heavy (non-hydrogen) atoms. The average molecular weight is 343 g/mol. The molecule has 0 aliphatic heterocycles. The first-order valence-corrected chi connectivity index (χ1v) is 9.64. The van der Waals surface area contributed by atoms with Crippen LogP contribution in [0.4, 0.5) is 0 Å². The number of thioether (sulfide) groups is 1. The fraction of sp³-hybridized carbons (Fsp3) is 0.474. The van der Waals surface area contributed by atoms with Crippen molar-refractivity contribution in [3.63, 3.8) is 0 Å². The van der Waals surface area contributed by atoms with Crippen LogP contribution in [-0.2, 0) is 11.3 Å². The quantitative estimate of drug-likeness (QED) is 0.585. The van der Waals surface area contributed by atoms with Crippen LogP contribution in [-0.4, -0.2) is 39.2 Å². The topological polar surface area (TPSA) is 38.1 Å². The van der Waals surface area contributed by atoms with Gasteiger partial charge in [0.15, 0.2) is 5.16 Å². The van der Waals surface area contributed by atoms with Crippen LogP contribution in [0.15, 0.2) is 42.1 Å². The summed E-state index contributed by atoms with van der Waals surface area (Å²) in [6.45, 7) is 4.54. The number of hydrogen-bond donors (Lipinski definition) is 0. The van der Waals surface area contributed by atoms with E-state index in [1.165, 1.54) is 31.0 Å². The first-order chi connectivity index (χ1) is 11.7. The smallest absolute Gasteiger partial charge is 0.233 e. The van der Waals surface area contributed by atoms with Crippen molar-refractivity contribution in [3.8, 4) is 0 Å². The van der Waals surface area contributed by atoms with Crippen LogP contribution in [0.2, 0.25) is 0 Å². The minimum atomic E-state index is 0.198. The lowest BCUT2D eigenvalue weighted by Crippen LogP contribution is -2.39. The van der Waals surface area contributed by atoms with Crippen LogP contribution >= 0.6 is 11.8 Å². The van der Waals surface area contributed by atoms with Crippen molar-refractivity contribution in [3.05, 3.63) is 36.9 Å². The molecule has 4 nitrogen and oxygen atoms in total. The summed E-state index contributed by atoms with van der Waals surface area (Å²) in [5, 5.41) is 0.890. The molecule has 0 radical (unpaired) electrons. The minimum absolute atomic E-state index is 0.198. The number of nitrogens with zero attached hydrogens (tertiary/aromatic N) is 3. The lowest BCUT2D eigenvalue weighted by Gasteiger charge is -2.31. The van der Waals surface area contributed by atoms with E-state index in [2.05, 4.69) is 22.2 Å². The Morgan fingerprint density at radius 2 is 2.12 bits per heavy atom. The Morgan fingerprint density at radius 3 is 2.88 bits per heavy atom. The van der Waals surface area contributed by atoms with Gasteiger partial charge in [0, 0.05) is 19.6 Å². The second-order valence-corrected chi connectivity index (χ2v) is 7.31. The van der Waals surface area contributed by atoms with Crippen molar-refractivity contribution >= 4 is 28.7 Å². The molecule has 1 fully saturated rings. The molecular formula is C19H25N3OS. The Balaban J connectivity index is 1.69. The van der Waals surface area contributed by atoms with Crippen molar-refractivity contribution in [1.82, 2.24) is 14.5 Å². The number of para-hydroxylation sites is 2. The fourth-order valence-electron chi connectivity index (χ4n) is 3.37.